The van der Waals surface area contributed by atoms with Crippen molar-refractivity contribution in [3.8, 4) is 28.4 Å². The van der Waals surface area contributed by atoms with Gasteiger partial charge in [-0.25, -0.2) is 4.98 Å². The van der Waals surface area contributed by atoms with E-state index >= 15 is 0 Å². The molecular weight excluding hydrogens is 940 g/mol. The summed E-state index contributed by atoms with van der Waals surface area (Å²) < 4.78 is 34.0. The first-order chi connectivity index (χ1) is 30.2. The molecule has 0 spiro atoms. The molecule has 8 aromatic rings. The Morgan fingerprint density at radius 3 is 2.08 bits per heavy atom. The zero-order valence-corrected chi connectivity index (χ0v) is 39.3. The van der Waals surface area contributed by atoms with Crippen molar-refractivity contribution < 1.29 is 29.9 Å². The van der Waals surface area contributed by atoms with Crippen molar-refractivity contribution in [3.63, 3.8) is 0 Å². The molecule has 0 amide bonds. The molecule has 11 rings (SSSR count). The Morgan fingerprint density at radius 2 is 1.35 bits per heavy atom. The second-order valence-corrected chi connectivity index (χ2v) is 20.1. The Kier molecular flexibility index (Phi) is 9.05. The van der Waals surface area contributed by atoms with E-state index in [4.69, 9.17) is 8.85 Å². The van der Waals surface area contributed by atoms with E-state index in [0.29, 0.717) is 26.3 Å². The third-order valence-electron chi connectivity index (χ3n) is 12.8. The maximum atomic E-state index is 8.07. The Balaban J connectivity index is 0.00000533. The maximum Gasteiger partial charge on any atom is 0.187 e. The second-order valence-electron chi connectivity index (χ2n) is 20.1. The first kappa shape index (κ1) is 38.4. The van der Waals surface area contributed by atoms with Crippen molar-refractivity contribution in [2.45, 2.75) is 85.4 Å². The molecule has 5 heterocycles. The van der Waals surface area contributed by atoms with E-state index in [1.807, 2.05) is 41.0 Å². The van der Waals surface area contributed by atoms with Crippen molar-refractivity contribution in [2.75, 3.05) is 6.67 Å². The number of nitrogens with zero attached hydrogens (tertiary/aromatic N) is 4. The first-order valence-corrected chi connectivity index (χ1v) is 21.3. The number of fused-ring (bicyclic) bond motifs is 3. The van der Waals surface area contributed by atoms with Crippen LogP contribution in [0.15, 0.2) is 134 Å². The number of hydrogen-bond acceptors (Lipinski definition) is 2. The fourth-order valence-corrected chi connectivity index (χ4v) is 9.40. The summed E-state index contributed by atoms with van der Waals surface area (Å²) in [4.78, 5) is 4.64. The summed E-state index contributed by atoms with van der Waals surface area (Å²) in [6.07, 6.45) is 1.55. The van der Waals surface area contributed by atoms with Crippen molar-refractivity contribution >= 4 is 44.6 Å². The van der Waals surface area contributed by atoms with Crippen LogP contribution in [0.25, 0.3) is 38.8 Å². The van der Waals surface area contributed by atoms with E-state index in [1.54, 1.807) is 18.3 Å². The summed E-state index contributed by atoms with van der Waals surface area (Å²) in [5, 5.41) is 1.98. The van der Waals surface area contributed by atoms with Gasteiger partial charge < -0.3 is 13.8 Å². The van der Waals surface area contributed by atoms with Gasteiger partial charge >= 0.3 is 0 Å². The third-order valence-corrected chi connectivity index (χ3v) is 12.8. The molecule has 6 aromatic carbocycles. The standard InChI is InChI=1S/C56H55N4O.Pt/c1-37-26-27-57-52(28-37)58-49-22-12-11-20-47(49)48-25-24-45(34-50(48)58)61-44-19-14-18-42(33-44)59-35-60(36-59,43-31-40(55(5,6)7)30-41(32-43)56(8,9)10)53-46(21-15-23-51(53)59)38-16-13-17-39(29-38)54(2,3)4;/h11-32,35H,36H2,1-10H3;/q-1;/t59-,60+;/m1./s1/i1D3;. The van der Waals surface area contributed by atoms with Gasteiger partial charge in [0.05, 0.1) is 6.67 Å². The van der Waals surface area contributed by atoms with Crippen molar-refractivity contribution in [3.05, 3.63) is 175 Å². The van der Waals surface area contributed by atoms with Gasteiger partial charge in [-0.2, -0.15) is 12.1 Å². The summed E-state index contributed by atoms with van der Waals surface area (Å²) in [6, 6.07) is 51.9. The Morgan fingerprint density at radius 1 is 0.661 bits per heavy atom. The smallest absolute Gasteiger partial charge is 0.187 e. The molecule has 5 nitrogen and oxygen atoms in total. The van der Waals surface area contributed by atoms with E-state index in [9.17, 15) is 0 Å². The minimum absolute atomic E-state index is 0. The number of quaternary nitrogens is 2. The van der Waals surface area contributed by atoms with Gasteiger partial charge in [0.15, 0.2) is 18.0 Å². The summed E-state index contributed by atoms with van der Waals surface area (Å²) in [5.74, 6) is 1.61. The molecule has 2 bridgehead atoms. The molecule has 0 N–H and O–H groups in total. The van der Waals surface area contributed by atoms with E-state index in [1.165, 1.54) is 44.9 Å². The van der Waals surface area contributed by atoms with Crippen molar-refractivity contribution in [1.29, 1.82) is 0 Å². The van der Waals surface area contributed by atoms with Crippen LogP contribution < -0.4 is 13.7 Å². The SMILES string of the molecule is [2H]C([2H])([2H])c1ccnc(-n2c3[c-]c(Oc4[c-]c([N@@+]56[CH-][N@@+](c7cc(C(C)(C)C)cc(C(C)(C)C)c7)(C5)c5c(-c7cccc(C(C)(C)C)c7)cccc56)ccc4)ccc3c3ccccc32)c1.[Pt]. The Labute approximate surface area is 386 Å². The average Bonchev–Trinajstić information content (AvgIpc) is 3.84. The molecule has 1 fully saturated rings. The van der Waals surface area contributed by atoms with Crippen LogP contribution in [-0.2, 0) is 37.3 Å². The van der Waals surface area contributed by atoms with E-state index in [0.717, 1.165) is 34.2 Å². The predicted molar refractivity (Wildman–Crippen MR) is 254 cm³/mol. The third kappa shape index (κ3) is 6.76. The van der Waals surface area contributed by atoms with Crippen molar-refractivity contribution in [2.24, 2.45) is 0 Å². The van der Waals surface area contributed by atoms with Gasteiger partial charge in [-0.15, -0.1) is 29.7 Å². The van der Waals surface area contributed by atoms with Crippen LogP contribution in [0.5, 0.6) is 11.5 Å². The molecule has 0 unspecified atom stereocenters. The van der Waals surface area contributed by atoms with Crippen LogP contribution in [0.4, 0.5) is 22.7 Å². The number of ether oxygens (including phenoxy) is 1. The molecule has 0 aliphatic carbocycles. The van der Waals surface area contributed by atoms with Crippen molar-refractivity contribution in [1.82, 2.24) is 18.5 Å². The maximum absolute atomic E-state index is 8.07. The first-order valence-electron chi connectivity index (χ1n) is 22.8. The van der Waals surface area contributed by atoms with Gasteiger partial charge in [0, 0.05) is 77.8 Å². The molecular formula is C56H55N4OPt-. The van der Waals surface area contributed by atoms with Gasteiger partial charge in [-0.3, -0.25) is 4.48 Å². The molecule has 2 aromatic heterocycles. The molecule has 6 heteroatoms. The monoisotopic (exact) mass is 997 g/mol. The molecule has 3 aliphatic rings. The summed E-state index contributed by atoms with van der Waals surface area (Å²) in [5.41, 5.74) is 13.0. The number of pyridine rings is 1. The average molecular weight is 998 g/mol. The number of aryl methyl sites for hydroxylation is 1. The Hall–Kier alpha value is -5.32. The van der Waals surface area contributed by atoms with Crippen LogP contribution in [0.1, 0.15) is 88.7 Å². The molecule has 316 valence electrons. The van der Waals surface area contributed by atoms with Gasteiger partial charge in [-0.1, -0.05) is 128 Å². The second kappa shape index (κ2) is 14.6. The van der Waals surface area contributed by atoms with E-state index in [2.05, 4.69) is 165 Å². The normalized spacial score (nSPS) is 19.3. The molecule has 2 atom stereocenters. The van der Waals surface area contributed by atoms with Gasteiger partial charge in [0.1, 0.15) is 11.5 Å². The number of benzene rings is 6. The Bertz CT molecular complexity index is 3130. The topological polar surface area (TPSA) is 27.1 Å². The largest absolute Gasteiger partial charge is 0.509 e. The van der Waals surface area contributed by atoms with Crippen LogP contribution in [0.2, 0.25) is 0 Å². The number of para-hydroxylation sites is 2. The number of aromatic nitrogens is 2. The predicted octanol–water partition coefficient (Wildman–Crippen LogP) is 14.8. The van der Waals surface area contributed by atoms with Gasteiger partial charge in [0.25, 0.3) is 0 Å². The summed E-state index contributed by atoms with van der Waals surface area (Å²) in [7, 11) is 0. The zero-order valence-electron chi connectivity index (χ0n) is 40.0. The number of hydrogen-bond donors (Lipinski definition) is 0. The van der Waals surface area contributed by atoms with Crippen LogP contribution in [-0.4, -0.2) is 16.2 Å². The van der Waals surface area contributed by atoms with Crippen LogP contribution in [0, 0.1) is 25.7 Å². The molecule has 62 heavy (non-hydrogen) atoms. The van der Waals surface area contributed by atoms with E-state index < -0.39 is 6.85 Å². The van der Waals surface area contributed by atoms with Crippen LogP contribution in [0.3, 0.4) is 0 Å². The zero-order chi connectivity index (χ0) is 45.2. The summed E-state index contributed by atoms with van der Waals surface area (Å²) in [6.45, 7) is 21.7. The number of rotatable bonds is 6. The van der Waals surface area contributed by atoms with E-state index in [-0.39, 0.29) is 42.9 Å². The fourth-order valence-electron chi connectivity index (χ4n) is 9.40. The van der Waals surface area contributed by atoms with Gasteiger partial charge in [-0.05, 0) is 80.6 Å². The minimum atomic E-state index is -2.27. The molecule has 0 saturated carbocycles. The molecule has 0 radical (unpaired) electrons. The molecule has 1 saturated heterocycles. The fraction of sp³-hybridized carbons (Fsp3) is 0.250. The molecule has 3 aliphatic heterocycles. The summed E-state index contributed by atoms with van der Waals surface area (Å²) >= 11 is 0. The van der Waals surface area contributed by atoms with Gasteiger partial charge in [0.2, 0.25) is 0 Å². The quantitative estimate of drug-likeness (QED) is 0.123. The minimum Gasteiger partial charge on any atom is -0.509 e. The van der Waals surface area contributed by atoms with Crippen LogP contribution >= 0.6 is 0 Å².